The number of aryl methyl sites for hydroxylation is 1. The molecule has 2 atom stereocenters. The molecule has 2 rings (SSSR count). The fraction of sp³-hybridized carbons (Fsp3) is 0.300. The maximum absolute atomic E-state index is 5.43. The molecule has 0 saturated carbocycles. The first-order valence-electron chi connectivity index (χ1n) is 4.14. The van der Waals surface area contributed by atoms with E-state index < -0.39 is 0 Å². The summed E-state index contributed by atoms with van der Waals surface area (Å²) in [5, 5.41) is 0. The van der Waals surface area contributed by atoms with Crippen molar-refractivity contribution in [3.8, 4) is 0 Å². The van der Waals surface area contributed by atoms with Gasteiger partial charge in [0.25, 0.3) is 0 Å². The van der Waals surface area contributed by atoms with Gasteiger partial charge in [0.2, 0.25) is 5.69 Å². The number of pyridine rings is 1. The second-order valence-electron chi connectivity index (χ2n) is 3.07. The topological polar surface area (TPSA) is 16.4 Å². The summed E-state index contributed by atoms with van der Waals surface area (Å²) in [5.74, 6) is 0. The molecule has 0 aromatic carbocycles. The Morgan fingerprint density at radius 1 is 1.69 bits per heavy atom. The minimum absolute atomic E-state index is 0.265. The Labute approximate surface area is 91.4 Å². The van der Waals surface area contributed by atoms with Gasteiger partial charge in [-0.3, -0.25) is 0 Å². The number of halogens is 1. The summed E-state index contributed by atoms with van der Waals surface area (Å²) < 4.78 is 7.82. The van der Waals surface area contributed by atoms with E-state index in [1.807, 2.05) is 25.4 Å². The van der Waals surface area contributed by atoms with Crippen molar-refractivity contribution in [2.45, 2.75) is 10.2 Å². The van der Waals surface area contributed by atoms with Gasteiger partial charge < -0.3 is 4.74 Å². The number of rotatable bonds is 2. The van der Waals surface area contributed by atoms with Crippen molar-refractivity contribution >= 4 is 28.7 Å². The number of alkyl halides is 1. The Bertz CT molecular complexity index is 351. The fourth-order valence-corrected chi connectivity index (χ4v) is 2.16. The maximum atomic E-state index is 5.43. The average molecular weight is 288 g/mol. The van der Waals surface area contributed by atoms with Crippen LogP contribution < -0.4 is 4.57 Å². The highest BCUT2D eigenvalue weighted by Gasteiger charge is 2.40. The van der Waals surface area contributed by atoms with Gasteiger partial charge in [0.15, 0.2) is 6.20 Å². The molecule has 2 unspecified atom stereocenters. The molecule has 2 nitrogen and oxygen atoms in total. The summed E-state index contributed by atoms with van der Waals surface area (Å²) in [6.07, 6.45) is 4.16. The molecule has 1 aliphatic rings. The predicted molar refractivity (Wildman–Crippen MR) is 59.3 cm³/mol. The molecular weight excluding hydrogens is 277 g/mol. The van der Waals surface area contributed by atoms with Crippen LogP contribution in [0.2, 0.25) is 0 Å². The molecule has 0 aliphatic carbocycles. The monoisotopic (exact) mass is 288 g/mol. The van der Waals surface area contributed by atoms with E-state index in [-0.39, 0.29) is 6.10 Å². The molecule has 0 bridgehead atoms. The zero-order valence-corrected chi connectivity index (χ0v) is 9.56. The third-order valence-electron chi connectivity index (χ3n) is 2.20. The summed E-state index contributed by atoms with van der Waals surface area (Å²) in [5.41, 5.74) is 2.38. The number of epoxide rings is 1. The standard InChI is InChI=1S/C10H11INO/c1-3-8-7(9-10(11)13-9)5-4-6-12(8)2/h3-6,9-10H,1H2,2H3/q+1. The molecule has 13 heavy (non-hydrogen) atoms. The molecule has 0 N–H and O–H groups in total. The average Bonchev–Trinajstić information content (AvgIpc) is 2.82. The van der Waals surface area contributed by atoms with Crippen molar-refractivity contribution in [1.82, 2.24) is 0 Å². The Kier molecular flexibility index (Phi) is 2.38. The van der Waals surface area contributed by atoms with E-state index in [2.05, 4.69) is 39.8 Å². The minimum atomic E-state index is 0.265. The molecule has 68 valence electrons. The first kappa shape index (κ1) is 9.15. The van der Waals surface area contributed by atoms with Gasteiger partial charge in [-0.1, -0.05) is 6.58 Å². The number of ether oxygens (including phenoxy) is 1. The lowest BCUT2D eigenvalue weighted by Gasteiger charge is -1.99. The molecule has 1 saturated heterocycles. The van der Waals surface area contributed by atoms with Crippen molar-refractivity contribution in [2.24, 2.45) is 7.05 Å². The molecule has 1 aliphatic heterocycles. The molecule has 1 fully saturated rings. The van der Waals surface area contributed by atoms with Gasteiger partial charge in [-0.25, -0.2) is 4.57 Å². The van der Waals surface area contributed by atoms with E-state index >= 15 is 0 Å². The van der Waals surface area contributed by atoms with Crippen LogP contribution in [0.15, 0.2) is 24.9 Å². The van der Waals surface area contributed by atoms with Crippen molar-refractivity contribution < 1.29 is 9.30 Å². The normalized spacial score (nSPS) is 25.7. The largest absolute Gasteiger partial charge is 0.353 e. The summed E-state index contributed by atoms with van der Waals surface area (Å²) in [6.45, 7) is 3.81. The Hall–Kier alpha value is -0.420. The summed E-state index contributed by atoms with van der Waals surface area (Å²) >= 11 is 2.30. The molecule has 0 radical (unpaired) electrons. The summed E-state index contributed by atoms with van der Waals surface area (Å²) in [7, 11) is 2.02. The second-order valence-corrected chi connectivity index (χ2v) is 4.30. The van der Waals surface area contributed by atoms with Gasteiger partial charge >= 0.3 is 0 Å². The third-order valence-corrected chi connectivity index (χ3v) is 3.15. The van der Waals surface area contributed by atoms with E-state index in [0.717, 1.165) is 5.69 Å². The number of hydrogen-bond donors (Lipinski definition) is 0. The van der Waals surface area contributed by atoms with Gasteiger partial charge in [-0.05, 0) is 28.7 Å². The highest BCUT2D eigenvalue weighted by molar-refractivity contribution is 14.1. The molecule has 1 aromatic rings. The van der Waals surface area contributed by atoms with Crippen LogP contribution in [0, 0.1) is 0 Å². The fourth-order valence-electron chi connectivity index (χ4n) is 1.46. The van der Waals surface area contributed by atoms with Crippen LogP contribution in [-0.2, 0) is 11.8 Å². The minimum Gasteiger partial charge on any atom is -0.353 e. The lowest BCUT2D eigenvalue weighted by Crippen LogP contribution is -2.32. The van der Waals surface area contributed by atoms with E-state index in [1.54, 1.807) is 0 Å². The highest BCUT2D eigenvalue weighted by Crippen LogP contribution is 2.43. The maximum Gasteiger partial charge on any atom is 0.210 e. The zero-order valence-electron chi connectivity index (χ0n) is 7.40. The Morgan fingerprint density at radius 2 is 2.38 bits per heavy atom. The van der Waals surface area contributed by atoms with E-state index in [4.69, 9.17) is 4.74 Å². The van der Waals surface area contributed by atoms with Crippen LogP contribution in [-0.4, -0.2) is 4.11 Å². The van der Waals surface area contributed by atoms with Crippen LogP contribution in [0.5, 0.6) is 0 Å². The van der Waals surface area contributed by atoms with E-state index in [0.29, 0.717) is 4.11 Å². The number of aromatic nitrogens is 1. The van der Waals surface area contributed by atoms with Crippen LogP contribution in [0.4, 0.5) is 0 Å². The van der Waals surface area contributed by atoms with Crippen molar-refractivity contribution in [3.63, 3.8) is 0 Å². The molecular formula is C10H11INO+. The van der Waals surface area contributed by atoms with Gasteiger partial charge in [0.1, 0.15) is 17.3 Å². The summed E-state index contributed by atoms with van der Waals surface area (Å²) in [4.78, 5) is 0. The highest BCUT2D eigenvalue weighted by atomic mass is 127. The summed E-state index contributed by atoms with van der Waals surface area (Å²) in [6, 6.07) is 4.13. The van der Waals surface area contributed by atoms with Crippen LogP contribution in [0.3, 0.4) is 0 Å². The molecule has 0 spiro atoms. The lowest BCUT2D eigenvalue weighted by atomic mass is 10.1. The first-order valence-corrected chi connectivity index (χ1v) is 5.39. The predicted octanol–water partition coefficient (Wildman–Crippen LogP) is 1.99. The Morgan fingerprint density at radius 3 is 2.92 bits per heavy atom. The van der Waals surface area contributed by atoms with Gasteiger partial charge in [0, 0.05) is 12.1 Å². The van der Waals surface area contributed by atoms with E-state index in [9.17, 15) is 0 Å². The third kappa shape index (κ3) is 1.62. The molecule has 2 heterocycles. The van der Waals surface area contributed by atoms with Crippen molar-refractivity contribution in [1.29, 1.82) is 0 Å². The van der Waals surface area contributed by atoms with Crippen LogP contribution in [0.1, 0.15) is 17.4 Å². The number of hydrogen-bond acceptors (Lipinski definition) is 1. The second kappa shape index (κ2) is 3.38. The van der Waals surface area contributed by atoms with Crippen LogP contribution >= 0.6 is 22.6 Å². The van der Waals surface area contributed by atoms with E-state index in [1.165, 1.54) is 5.56 Å². The SMILES string of the molecule is C=Cc1c(C2OC2I)ccc[n+]1C. The molecule has 1 aromatic heterocycles. The van der Waals surface area contributed by atoms with Crippen molar-refractivity contribution in [2.75, 3.05) is 0 Å². The van der Waals surface area contributed by atoms with Gasteiger partial charge in [-0.2, -0.15) is 0 Å². The molecule has 0 amide bonds. The lowest BCUT2D eigenvalue weighted by molar-refractivity contribution is -0.673. The van der Waals surface area contributed by atoms with Gasteiger partial charge in [-0.15, -0.1) is 0 Å². The zero-order chi connectivity index (χ0) is 9.42. The van der Waals surface area contributed by atoms with Crippen molar-refractivity contribution in [3.05, 3.63) is 36.2 Å². The number of nitrogens with zero attached hydrogens (tertiary/aromatic N) is 1. The smallest absolute Gasteiger partial charge is 0.210 e. The first-order chi connectivity index (χ1) is 6.24. The Balaban J connectivity index is 2.44. The van der Waals surface area contributed by atoms with Gasteiger partial charge in [0.05, 0.1) is 5.56 Å². The quantitative estimate of drug-likeness (QED) is 0.352. The molecule has 3 heteroatoms. The van der Waals surface area contributed by atoms with Crippen LogP contribution in [0.25, 0.3) is 6.08 Å².